The number of nitrogens with zero attached hydrogens (tertiary/aromatic N) is 1. The Morgan fingerprint density at radius 2 is 0.722 bits per heavy atom. The van der Waals surface area contributed by atoms with Gasteiger partial charge in [0.1, 0.15) is 13.2 Å². The highest BCUT2D eigenvalue weighted by atomic mass is 16.7. The zero-order chi connectivity index (χ0) is 57.6. The molecule has 0 heterocycles. The van der Waals surface area contributed by atoms with Gasteiger partial charge in [-0.25, -0.2) is 4.79 Å². The molecule has 0 aromatic heterocycles. The number of rotatable bonds is 57. The summed E-state index contributed by atoms with van der Waals surface area (Å²) in [5.41, 5.74) is 0. The number of unbranched alkanes of at least 4 members (excludes halogenated alkanes) is 22. The maximum atomic E-state index is 12.9. The number of hydrogen-bond acceptors (Lipinski definition) is 7. The first-order valence-electron chi connectivity index (χ1n) is 31.7. The predicted octanol–water partition coefficient (Wildman–Crippen LogP) is 19.2. The number of esters is 2. The lowest BCUT2D eigenvalue weighted by atomic mass is 10.0. The van der Waals surface area contributed by atoms with Gasteiger partial charge in [-0.3, -0.25) is 9.59 Å². The Hall–Kier alpha value is -4.31. The zero-order valence-electron chi connectivity index (χ0n) is 51.2. The molecule has 79 heavy (non-hydrogen) atoms. The van der Waals surface area contributed by atoms with E-state index in [0.29, 0.717) is 23.9 Å². The van der Waals surface area contributed by atoms with E-state index in [1.807, 2.05) is 21.1 Å². The van der Waals surface area contributed by atoms with Gasteiger partial charge in [0.15, 0.2) is 6.10 Å². The minimum absolute atomic E-state index is 0.181. The molecule has 450 valence electrons. The Bertz CT molecular complexity index is 1710. The molecule has 9 heteroatoms. The van der Waals surface area contributed by atoms with Crippen LogP contribution in [-0.2, 0) is 33.3 Å². The maximum absolute atomic E-state index is 12.9. The Kier molecular flexibility index (Phi) is 56.5. The van der Waals surface area contributed by atoms with Crippen molar-refractivity contribution in [3.63, 3.8) is 0 Å². The van der Waals surface area contributed by atoms with Crippen LogP contribution in [0.3, 0.4) is 0 Å². The van der Waals surface area contributed by atoms with Gasteiger partial charge < -0.3 is 28.5 Å². The summed E-state index contributed by atoms with van der Waals surface area (Å²) in [5, 5.41) is 9.72. The van der Waals surface area contributed by atoms with E-state index in [-0.39, 0.29) is 32.2 Å². The fraction of sp³-hybridized carbons (Fsp3) is 0.671. The van der Waals surface area contributed by atoms with E-state index in [1.165, 1.54) is 109 Å². The molecular weight excluding hydrogens is 983 g/mol. The lowest BCUT2D eigenvalue weighted by molar-refractivity contribution is -0.870. The Morgan fingerprint density at radius 3 is 1.08 bits per heavy atom. The van der Waals surface area contributed by atoms with Crippen molar-refractivity contribution in [2.75, 3.05) is 47.5 Å². The van der Waals surface area contributed by atoms with Crippen LogP contribution >= 0.6 is 0 Å². The molecule has 0 saturated carbocycles. The molecule has 2 unspecified atom stereocenters. The van der Waals surface area contributed by atoms with Crippen molar-refractivity contribution in [1.82, 2.24) is 0 Å². The van der Waals surface area contributed by atoms with Crippen LogP contribution in [0.15, 0.2) is 122 Å². The van der Waals surface area contributed by atoms with Gasteiger partial charge in [0, 0.05) is 12.8 Å². The Balaban J connectivity index is 4.20. The topological polar surface area (TPSA) is 108 Å². The molecule has 0 bridgehead atoms. The summed E-state index contributed by atoms with van der Waals surface area (Å²) in [6.07, 6.45) is 81.4. The molecule has 0 aliphatic carbocycles. The number of carboxylic acid groups (broad SMARTS) is 1. The van der Waals surface area contributed by atoms with Crippen molar-refractivity contribution < 1.29 is 42.9 Å². The smallest absolute Gasteiger partial charge is 0.361 e. The van der Waals surface area contributed by atoms with Crippen LogP contribution in [0, 0.1) is 0 Å². The Labute approximate surface area is 485 Å². The Morgan fingerprint density at radius 1 is 0.392 bits per heavy atom. The fourth-order valence-electron chi connectivity index (χ4n) is 8.35. The molecule has 1 N–H and O–H groups in total. The van der Waals surface area contributed by atoms with E-state index in [1.54, 1.807) is 0 Å². The second kappa shape index (κ2) is 59.8. The summed E-state index contributed by atoms with van der Waals surface area (Å²) in [5.74, 6) is -2.02. The van der Waals surface area contributed by atoms with Gasteiger partial charge in [-0.1, -0.05) is 245 Å². The molecule has 0 spiro atoms. The number of carboxylic acids is 1. The van der Waals surface area contributed by atoms with E-state index < -0.39 is 24.3 Å². The number of aliphatic carboxylic acids is 1. The van der Waals surface area contributed by atoms with E-state index in [2.05, 4.69) is 135 Å². The van der Waals surface area contributed by atoms with Crippen molar-refractivity contribution in [2.24, 2.45) is 0 Å². The SMILES string of the molecule is CC/C=C\C/C=C\C/C=C\C/C=C\C/C=C\C/C=C\C/C=C\C/C=C\CCCCCCCCCCCCC(=O)OC(COC(=O)CCCCCCCCCCC/C=C\C/C=C\CCCCC)COC(OCC[N+](C)(C)C)C(=O)O. The van der Waals surface area contributed by atoms with Gasteiger partial charge in [0.25, 0.3) is 6.29 Å². The van der Waals surface area contributed by atoms with Crippen molar-refractivity contribution in [3.05, 3.63) is 122 Å². The van der Waals surface area contributed by atoms with Gasteiger partial charge in [0.2, 0.25) is 0 Å². The summed E-state index contributed by atoms with van der Waals surface area (Å²) in [4.78, 5) is 37.5. The average Bonchev–Trinajstić information content (AvgIpc) is 3.42. The van der Waals surface area contributed by atoms with E-state index in [0.717, 1.165) is 103 Å². The molecule has 0 aromatic carbocycles. The van der Waals surface area contributed by atoms with Crippen LogP contribution in [0.2, 0.25) is 0 Å². The van der Waals surface area contributed by atoms with E-state index in [4.69, 9.17) is 18.9 Å². The largest absolute Gasteiger partial charge is 0.477 e. The summed E-state index contributed by atoms with van der Waals surface area (Å²) in [6.45, 7) is 4.73. The van der Waals surface area contributed by atoms with E-state index >= 15 is 0 Å². The van der Waals surface area contributed by atoms with Crippen LogP contribution in [0.25, 0.3) is 0 Å². The molecule has 2 atom stereocenters. The molecule has 0 aromatic rings. The predicted molar refractivity (Wildman–Crippen MR) is 336 cm³/mol. The number of ether oxygens (including phenoxy) is 4. The third kappa shape index (κ3) is 61.2. The molecule has 0 amide bonds. The second-order valence-corrected chi connectivity index (χ2v) is 22.0. The van der Waals surface area contributed by atoms with Gasteiger partial charge in [-0.15, -0.1) is 0 Å². The molecule has 0 aliphatic heterocycles. The number of hydrogen-bond donors (Lipinski definition) is 1. The van der Waals surface area contributed by atoms with Gasteiger partial charge >= 0.3 is 17.9 Å². The molecule has 0 aliphatic rings. The summed E-state index contributed by atoms with van der Waals surface area (Å²) < 4.78 is 22.9. The van der Waals surface area contributed by atoms with Crippen LogP contribution in [0.1, 0.15) is 245 Å². The van der Waals surface area contributed by atoms with E-state index in [9.17, 15) is 19.5 Å². The quantitative estimate of drug-likeness (QED) is 0.0211. The van der Waals surface area contributed by atoms with Crippen molar-refractivity contribution in [2.45, 2.75) is 257 Å². The summed E-state index contributed by atoms with van der Waals surface area (Å²) >= 11 is 0. The molecule has 0 rings (SSSR count). The standard InChI is InChI=1S/C70H117NO8/c1-6-8-10-12-14-16-18-20-22-24-26-27-28-29-30-31-32-33-34-35-36-37-38-39-40-41-43-45-47-49-51-53-55-57-59-61-68(73)79-66(65-78-70(69(74)75)76-63-62-71(3,4)5)64-77-67(72)60-58-56-54-52-50-48-46-44-42-25-23-21-19-17-15-13-11-9-7-2/h8,10,14-17,20-23,26-27,29-30,32-33,35-36,38-39,66,70H,6-7,9,11-13,18-19,24-25,28,31,34,37,40-65H2,1-5H3/p+1/b10-8-,16-14-,17-15-,22-20-,23-21-,27-26-,30-29-,33-32-,36-35-,39-38-. The first-order chi connectivity index (χ1) is 38.6. The average molecular weight is 1100 g/mol. The maximum Gasteiger partial charge on any atom is 0.361 e. The molecular formula is C70H118NO8+. The molecule has 0 fully saturated rings. The van der Waals surface area contributed by atoms with Crippen molar-refractivity contribution in [1.29, 1.82) is 0 Å². The normalized spacial score (nSPS) is 13.6. The van der Waals surface area contributed by atoms with Crippen molar-refractivity contribution >= 4 is 17.9 Å². The summed E-state index contributed by atoms with van der Waals surface area (Å²) in [6, 6.07) is 0. The number of carbonyl (C=O) groups excluding carboxylic acids is 2. The third-order valence-electron chi connectivity index (χ3n) is 13.2. The summed E-state index contributed by atoms with van der Waals surface area (Å²) in [7, 11) is 5.96. The number of likely N-dealkylation sites (N-methyl/N-ethyl adjacent to an activating group) is 1. The monoisotopic (exact) mass is 1100 g/mol. The fourth-order valence-corrected chi connectivity index (χ4v) is 8.35. The van der Waals surface area contributed by atoms with Gasteiger partial charge in [-0.2, -0.15) is 0 Å². The molecule has 0 radical (unpaired) electrons. The minimum atomic E-state index is -1.52. The van der Waals surface area contributed by atoms with Gasteiger partial charge in [0.05, 0.1) is 34.4 Å². The number of allylic oxidation sites excluding steroid dienone is 20. The minimum Gasteiger partial charge on any atom is -0.477 e. The third-order valence-corrected chi connectivity index (χ3v) is 13.2. The highest BCUT2D eigenvalue weighted by molar-refractivity contribution is 5.71. The van der Waals surface area contributed by atoms with Crippen molar-refractivity contribution in [3.8, 4) is 0 Å². The highest BCUT2D eigenvalue weighted by Gasteiger charge is 2.25. The second-order valence-electron chi connectivity index (χ2n) is 22.0. The van der Waals surface area contributed by atoms with Crippen LogP contribution in [0.4, 0.5) is 0 Å². The lowest BCUT2D eigenvalue weighted by Crippen LogP contribution is -2.40. The molecule has 9 nitrogen and oxygen atoms in total. The number of quaternary nitrogens is 1. The van der Waals surface area contributed by atoms with Gasteiger partial charge in [-0.05, 0) is 109 Å². The van der Waals surface area contributed by atoms with Crippen LogP contribution < -0.4 is 0 Å². The lowest BCUT2D eigenvalue weighted by Gasteiger charge is -2.25. The van der Waals surface area contributed by atoms with Crippen LogP contribution in [0.5, 0.6) is 0 Å². The van der Waals surface area contributed by atoms with Crippen LogP contribution in [-0.4, -0.2) is 87.4 Å². The highest BCUT2D eigenvalue weighted by Crippen LogP contribution is 2.15. The zero-order valence-corrected chi connectivity index (χ0v) is 51.2. The number of carbonyl (C=O) groups is 3. The first kappa shape index (κ1) is 74.7. The first-order valence-corrected chi connectivity index (χ1v) is 31.7. The molecule has 0 saturated heterocycles.